The summed E-state index contributed by atoms with van der Waals surface area (Å²) in [4.78, 5) is 16.0. The minimum Gasteiger partial charge on any atom is -0.493 e. The summed E-state index contributed by atoms with van der Waals surface area (Å²) in [6.07, 6.45) is 2.08. The largest absolute Gasteiger partial charge is 0.493 e. The number of methoxy groups -OCH3 is 2. The number of aliphatic carboxylic acids is 1. The second-order valence-electron chi connectivity index (χ2n) is 6.06. The van der Waals surface area contributed by atoms with Gasteiger partial charge in [-0.1, -0.05) is 6.07 Å². The number of rotatable bonds is 6. The number of hydrogen-bond donors (Lipinski definition) is 2. The second kappa shape index (κ2) is 7.05. The van der Waals surface area contributed by atoms with Crippen molar-refractivity contribution in [1.82, 2.24) is 9.38 Å². The van der Waals surface area contributed by atoms with Gasteiger partial charge in [0.25, 0.3) is 0 Å². The first-order valence-corrected chi connectivity index (χ1v) is 8.13. The SMILES string of the molecule is COc1ccc(-c2nc3ccc(C)cn3c2CC(N)C(=O)O)cc1OC. The number of nitrogens with two attached hydrogens (primary N) is 1. The molecule has 2 aromatic heterocycles. The number of benzene rings is 1. The summed E-state index contributed by atoms with van der Waals surface area (Å²) >= 11 is 0. The Bertz CT molecular complexity index is 965. The third kappa shape index (κ3) is 3.21. The van der Waals surface area contributed by atoms with E-state index in [2.05, 4.69) is 4.98 Å². The number of aromatic nitrogens is 2. The number of imidazole rings is 1. The van der Waals surface area contributed by atoms with Crippen LogP contribution in [0.15, 0.2) is 36.5 Å². The maximum atomic E-state index is 11.3. The number of ether oxygens (including phenoxy) is 2. The highest BCUT2D eigenvalue weighted by Gasteiger charge is 2.21. The topological polar surface area (TPSA) is 99.1 Å². The number of carboxylic acid groups (broad SMARTS) is 1. The molecule has 1 unspecified atom stereocenters. The lowest BCUT2D eigenvalue weighted by Gasteiger charge is -2.11. The van der Waals surface area contributed by atoms with Crippen LogP contribution in [-0.2, 0) is 11.2 Å². The molecule has 0 bridgehead atoms. The Morgan fingerprint density at radius 3 is 2.62 bits per heavy atom. The number of nitrogens with zero attached hydrogens (tertiary/aromatic N) is 2. The average molecular weight is 355 g/mol. The van der Waals surface area contributed by atoms with Gasteiger partial charge in [0, 0.05) is 18.2 Å². The molecule has 0 saturated carbocycles. The summed E-state index contributed by atoms with van der Waals surface area (Å²) in [5.74, 6) is 0.136. The van der Waals surface area contributed by atoms with Gasteiger partial charge < -0.3 is 24.7 Å². The third-order valence-corrected chi connectivity index (χ3v) is 4.25. The molecule has 3 N–H and O–H groups in total. The Morgan fingerprint density at radius 1 is 1.23 bits per heavy atom. The van der Waals surface area contributed by atoms with Crippen molar-refractivity contribution < 1.29 is 19.4 Å². The van der Waals surface area contributed by atoms with Crippen LogP contribution < -0.4 is 15.2 Å². The first kappa shape index (κ1) is 17.8. The van der Waals surface area contributed by atoms with Crippen LogP contribution in [-0.4, -0.2) is 40.7 Å². The van der Waals surface area contributed by atoms with Gasteiger partial charge in [-0.15, -0.1) is 0 Å². The molecule has 0 fully saturated rings. The highest BCUT2D eigenvalue weighted by Crippen LogP contribution is 2.34. The second-order valence-corrected chi connectivity index (χ2v) is 6.06. The lowest BCUT2D eigenvalue weighted by Crippen LogP contribution is -2.32. The minimum atomic E-state index is -1.05. The van der Waals surface area contributed by atoms with E-state index in [1.165, 1.54) is 0 Å². The molecule has 7 nitrogen and oxygen atoms in total. The monoisotopic (exact) mass is 355 g/mol. The van der Waals surface area contributed by atoms with Crippen LogP contribution in [0, 0.1) is 6.92 Å². The molecule has 0 radical (unpaired) electrons. The zero-order chi connectivity index (χ0) is 18.8. The Hall–Kier alpha value is -3.06. The zero-order valence-corrected chi connectivity index (χ0v) is 14.9. The van der Waals surface area contributed by atoms with Crippen molar-refractivity contribution in [3.63, 3.8) is 0 Å². The smallest absolute Gasteiger partial charge is 0.320 e. The highest BCUT2D eigenvalue weighted by molar-refractivity contribution is 5.75. The van der Waals surface area contributed by atoms with Crippen molar-refractivity contribution >= 4 is 11.6 Å². The molecule has 0 amide bonds. The van der Waals surface area contributed by atoms with Gasteiger partial charge in [-0.05, 0) is 36.8 Å². The molecule has 0 aliphatic carbocycles. The van der Waals surface area contributed by atoms with E-state index in [0.717, 1.165) is 22.5 Å². The average Bonchev–Trinajstić information content (AvgIpc) is 2.98. The van der Waals surface area contributed by atoms with Crippen LogP contribution >= 0.6 is 0 Å². The summed E-state index contributed by atoms with van der Waals surface area (Å²) < 4.78 is 12.5. The highest BCUT2D eigenvalue weighted by atomic mass is 16.5. The van der Waals surface area contributed by atoms with Gasteiger partial charge in [0.05, 0.1) is 25.6 Å². The van der Waals surface area contributed by atoms with E-state index in [1.54, 1.807) is 20.3 Å². The fourth-order valence-electron chi connectivity index (χ4n) is 2.90. The standard InChI is InChI=1S/C19H21N3O4/c1-11-4-7-17-21-18(12-5-6-15(25-2)16(8-12)26-3)14(22(17)10-11)9-13(20)19(23)24/h4-8,10,13H,9,20H2,1-3H3,(H,23,24). The van der Waals surface area contributed by atoms with E-state index in [4.69, 9.17) is 15.2 Å². The van der Waals surface area contributed by atoms with Gasteiger partial charge in [-0.3, -0.25) is 4.79 Å². The summed E-state index contributed by atoms with van der Waals surface area (Å²) in [6, 6.07) is 8.32. The maximum absolute atomic E-state index is 11.3. The van der Waals surface area contributed by atoms with Crippen LogP contribution in [0.4, 0.5) is 0 Å². The van der Waals surface area contributed by atoms with E-state index in [-0.39, 0.29) is 6.42 Å². The maximum Gasteiger partial charge on any atom is 0.320 e. The zero-order valence-electron chi connectivity index (χ0n) is 14.9. The van der Waals surface area contributed by atoms with Crippen LogP contribution in [0.3, 0.4) is 0 Å². The molecule has 136 valence electrons. The number of hydrogen-bond acceptors (Lipinski definition) is 5. The van der Waals surface area contributed by atoms with Crippen LogP contribution in [0.25, 0.3) is 16.9 Å². The van der Waals surface area contributed by atoms with Crippen molar-refractivity contribution in [2.24, 2.45) is 5.73 Å². The molecule has 7 heteroatoms. The van der Waals surface area contributed by atoms with Gasteiger partial charge >= 0.3 is 5.97 Å². The first-order chi connectivity index (χ1) is 12.4. The van der Waals surface area contributed by atoms with Gasteiger partial charge in [-0.25, -0.2) is 4.98 Å². The molecular weight excluding hydrogens is 334 g/mol. The van der Waals surface area contributed by atoms with E-state index in [1.807, 2.05) is 41.8 Å². The van der Waals surface area contributed by atoms with Crippen LogP contribution in [0.1, 0.15) is 11.3 Å². The molecular formula is C19H21N3O4. The molecule has 2 heterocycles. The van der Waals surface area contributed by atoms with Crippen LogP contribution in [0.5, 0.6) is 11.5 Å². The molecule has 0 aliphatic rings. The lowest BCUT2D eigenvalue weighted by atomic mass is 10.0. The number of pyridine rings is 1. The molecule has 1 aromatic carbocycles. The Morgan fingerprint density at radius 2 is 1.96 bits per heavy atom. The van der Waals surface area contributed by atoms with E-state index < -0.39 is 12.0 Å². The van der Waals surface area contributed by atoms with Gasteiger partial charge in [0.2, 0.25) is 0 Å². The molecule has 0 spiro atoms. The quantitative estimate of drug-likeness (QED) is 0.704. The normalized spacial score (nSPS) is 12.2. The lowest BCUT2D eigenvalue weighted by molar-refractivity contribution is -0.138. The van der Waals surface area contributed by atoms with Crippen molar-refractivity contribution in [2.45, 2.75) is 19.4 Å². The van der Waals surface area contributed by atoms with E-state index >= 15 is 0 Å². The molecule has 3 rings (SSSR count). The number of aryl methyl sites for hydroxylation is 1. The van der Waals surface area contributed by atoms with Crippen molar-refractivity contribution in [3.8, 4) is 22.8 Å². The van der Waals surface area contributed by atoms with E-state index in [9.17, 15) is 9.90 Å². The fraction of sp³-hybridized carbons (Fsp3) is 0.263. The molecule has 0 saturated heterocycles. The van der Waals surface area contributed by atoms with Crippen molar-refractivity contribution in [2.75, 3.05) is 14.2 Å². The number of carbonyl (C=O) groups is 1. The fourth-order valence-corrected chi connectivity index (χ4v) is 2.90. The number of fused-ring (bicyclic) bond motifs is 1. The molecule has 0 aliphatic heterocycles. The summed E-state index contributed by atoms with van der Waals surface area (Å²) in [5.41, 5.74) is 9.79. The molecule has 3 aromatic rings. The Kier molecular flexibility index (Phi) is 4.81. The Labute approximate surface area is 151 Å². The number of carboxylic acids is 1. The third-order valence-electron chi connectivity index (χ3n) is 4.25. The predicted molar refractivity (Wildman–Crippen MR) is 97.8 cm³/mol. The first-order valence-electron chi connectivity index (χ1n) is 8.13. The summed E-state index contributed by atoms with van der Waals surface area (Å²) in [5, 5.41) is 9.23. The predicted octanol–water partition coefficient (Wildman–Crippen LogP) is 2.28. The van der Waals surface area contributed by atoms with Gasteiger partial charge in [0.15, 0.2) is 11.5 Å². The molecule has 1 atom stereocenters. The summed E-state index contributed by atoms with van der Waals surface area (Å²) in [7, 11) is 3.14. The minimum absolute atomic E-state index is 0.156. The van der Waals surface area contributed by atoms with Crippen molar-refractivity contribution in [1.29, 1.82) is 0 Å². The van der Waals surface area contributed by atoms with Gasteiger partial charge in [0.1, 0.15) is 11.7 Å². The van der Waals surface area contributed by atoms with Crippen LogP contribution in [0.2, 0.25) is 0 Å². The Balaban J connectivity index is 2.20. The summed E-state index contributed by atoms with van der Waals surface area (Å²) in [6.45, 7) is 1.97. The van der Waals surface area contributed by atoms with E-state index in [0.29, 0.717) is 17.2 Å². The van der Waals surface area contributed by atoms with Gasteiger partial charge in [-0.2, -0.15) is 0 Å². The van der Waals surface area contributed by atoms with Crippen molar-refractivity contribution in [3.05, 3.63) is 47.8 Å². The molecule has 26 heavy (non-hydrogen) atoms.